The van der Waals surface area contributed by atoms with Gasteiger partial charge in [-0.2, -0.15) is 0 Å². The molecule has 0 bridgehead atoms. The van der Waals surface area contributed by atoms with E-state index in [0.717, 1.165) is 40.8 Å². The van der Waals surface area contributed by atoms with Gasteiger partial charge in [-0.25, -0.2) is 13.6 Å². The molecule has 2 N–H and O–H groups in total. The Labute approximate surface area is 183 Å². The molecule has 2 heterocycles. The minimum atomic E-state index is -1.22. The normalized spacial score (nSPS) is 18.3. The highest BCUT2D eigenvalue weighted by Crippen LogP contribution is 2.44. The van der Waals surface area contributed by atoms with E-state index in [1.165, 1.54) is 0 Å². The van der Waals surface area contributed by atoms with E-state index in [0.29, 0.717) is 17.8 Å². The van der Waals surface area contributed by atoms with E-state index in [9.17, 15) is 9.18 Å². The van der Waals surface area contributed by atoms with E-state index in [4.69, 9.17) is 5.11 Å². The molecule has 2 aromatic carbocycles. The summed E-state index contributed by atoms with van der Waals surface area (Å²) in [5.74, 6) is -2.83. The quantitative estimate of drug-likeness (QED) is 0.480. The number of nitrogens with zero attached hydrogens (tertiary/aromatic N) is 1. The largest absolute Gasteiger partial charge is 0.478 e. The van der Waals surface area contributed by atoms with Gasteiger partial charge in [0.05, 0.1) is 12.2 Å². The molecule has 1 aliphatic rings. The smallest absolute Gasteiger partial charge is 0.328 e. The summed E-state index contributed by atoms with van der Waals surface area (Å²) >= 11 is 0. The monoisotopic (exact) mass is 440 g/mol. The molecule has 166 valence electrons. The maximum atomic E-state index is 15.4. The molecule has 4 rings (SSSR count). The second kappa shape index (κ2) is 8.57. The van der Waals surface area contributed by atoms with Crippen molar-refractivity contribution in [3.05, 3.63) is 88.8 Å². The summed E-state index contributed by atoms with van der Waals surface area (Å²) in [4.78, 5) is 15.9. The highest BCUT2D eigenvalue weighted by molar-refractivity contribution is 5.86. The Morgan fingerprint density at radius 3 is 2.62 bits per heavy atom. The van der Waals surface area contributed by atoms with Gasteiger partial charge in [0.1, 0.15) is 17.7 Å². The van der Waals surface area contributed by atoms with Crippen LogP contribution in [0.4, 0.5) is 13.2 Å². The first-order valence-corrected chi connectivity index (χ1v) is 10.3. The van der Waals surface area contributed by atoms with Crippen LogP contribution >= 0.6 is 0 Å². The SMILES string of the molecule is C=C(CCF)N1C(C)Cc2c([nH]c3ccccc23)C1c1c(F)cc(/C=C/C(=O)O)cc1F. The fourth-order valence-corrected chi connectivity index (χ4v) is 4.61. The minimum Gasteiger partial charge on any atom is -0.478 e. The van der Waals surface area contributed by atoms with Crippen molar-refractivity contribution in [3.8, 4) is 0 Å². The van der Waals surface area contributed by atoms with Gasteiger partial charge >= 0.3 is 5.97 Å². The van der Waals surface area contributed by atoms with E-state index < -0.39 is 30.3 Å². The number of alkyl halides is 1. The predicted octanol–water partition coefficient (Wildman–Crippen LogP) is 5.75. The van der Waals surface area contributed by atoms with E-state index >= 15 is 8.78 Å². The molecule has 0 amide bonds. The Balaban J connectivity index is 1.93. The number of aromatic nitrogens is 1. The summed E-state index contributed by atoms with van der Waals surface area (Å²) in [6.45, 7) is 5.30. The average Bonchev–Trinajstić information content (AvgIpc) is 3.10. The van der Waals surface area contributed by atoms with E-state index in [-0.39, 0.29) is 23.6 Å². The number of aliphatic carboxylic acids is 1. The van der Waals surface area contributed by atoms with Crippen LogP contribution in [0, 0.1) is 11.6 Å². The van der Waals surface area contributed by atoms with Crippen molar-refractivity contribution in [2.75, 3.05) is 6.67 Å². The Morgan fingerprint density at radius 1 is 1.28 bits per heavy atom. The van der Waals surface area contributed by atoms with Crippen LogP contribution in [0.5, 0.6) is 0 Å². The van der Waals surface area contributed by atoms with Crippen LogP contribution in [0.2, 0.25) is 0 Å². The Morgan fingerprint density at radius 2 is 1.97 bits per heavy atom. The van der Waals surface area contributed by atoms with E-state index in [1.54, 1.807) is 4.90 Å². The third kappa shape index (κ3) is 3.79. The topological polar surface area (TPSA) is 56.3 Å². The lowest BCUT2D eigenvalue weighted by Crippen LogP contribution is -2.42. The van der Waals surface area contributed by atoms with Crippen LogP contribution in [-0.4, -0.2) is 33.7 Å². The zero-order valence-electron chi connectivity index (χ0n) is 17.5. The average molecular weight is 440 g/mol. The summed E-state index contributed by atoms with van der Waals surface area (Å²) in [6, 6.07) is 8.84. The van der Waals surface area contributed by atoms with Crippen molar-refractivity contribution >= 4 is 22.9 Å². The van der Waals surface area contributed by atoms with Crippen LogP contribution in [0.15, 0.2) is 54.8 Å². The number of rotatable bonds is 6. The first-order valence-electron chi connectivity index (χ1n) is 10.3. The Hall–Kier alpha value is -3.48. The molecule has 32 heavy (non-hydrogen) atoms. The van der Waals surface area contributed by atoms with Crippen molar-refractivity contribution in [2.45, 2.75) is 31.8 Å². The number of fused-ring (bicyclic) bond motifs is 3. The number of allylic oxidation sites excluding steroid dienone is 1. The second-order valence-electron chi connectivity index (χ2n) is 8.00. The van der Waals surface area contributed by atoms with Gasteiger partial charge in [0.2, 0.25) is 0 Å². The predicted molar refractivity (Wildman–Crippen MR) is 118 cm³/mol. The van der Waals surface area contributed by atoms with Gasteiger partial charge in [-0.3, -0.25) is 4.39 Å². The van der Waals surface area contributed by atoms with Crippen molar-refractivity contribution in [3.63, 3.8) is 0 Å². The van der Waals surface area contributed by atoms with Gasteiger partial charge in [0.15, 0.2) is 0 Å². The number of nitrogens with one attached hydrogen (secondary N) is 1. The zero-order chi connectivity index (χ0) is 23.0. The summed E-state index contributed by atoms with van der Waals surface area (Å²) in [5.41, 5.74) is 2.85. The number of carboxylic acids is 1. The molecule has 0 saturated heterocycles. The van der Waals surface area contributed by atoms with E-state index in [2.05, 4.69) is 11.6 Å². The molecule has 0 spiro atoms. The molecule has 0 saturated carbocycles. The molecule has 4 nitrogen and oxygen atoms in total. The number of carbonyl (C=O) groups is 1. The maximum Gasteiger partial charge on any atom is 0.328 e. The van der Waals surface area contributed by atoms with Crippen LogP contribution in [0.3, 0.4) is 0 Å². The Kier molecular flexibility index (Phi) is 5.82. The van der Waals surface area contributed by atoms with Crippen LogP contribution in [0.1, 0.15) is 41.8 Å². The third-order valence-electron chi connectivity index (χ3n) is 5.91. The zero-order valence-corrected chi connectivity index (χ0v) is 17.5. The fraction of sp³-hybridized carbons (Fsp3) is 0.240. The highest BCUT2D eigenvalue weighted by atomic mass is 19.1. The molecule has 2 unspecified atom stereocenters. The number of halogens is 3. The summed E-state index contributed by atoms with van der Waals surface area (Å²) < 4.78 is 43.9. The van der Waals surface area contributed by atoms with Crippen molar-refractivity contribution < 1.29 is 23.1 Å². The second-order valence-corrected chi connectivity index (χ2v) is 8.00. The number of aromatic amines is 1. The van der Waals surface area contributed by atoms with Crippen LogP contribution in [-0.2, 0) is 11.2 Å². The van der Waals surface area contributed by atoms with Crippen molar-refractivity contribution in [1.29, 1.82) is 0 Å². The van der Waals surface area contributed by atoms with Gasteiger partial charge in [-0.1, -0.05) is 24.8 Å². The van der Waals surface area contributed by atoms with Crippen molar-refractivity contribution in [1.82, 2.24) is 9.88 Å². The number of para-hydroxylation sites is 1. The minimum absolute atomic E-state index is 0.0546. The lowest BCUT2D eigenvalue weighted by molar-refractivity contribution is -0.131. The lowest BCUT2D eigenvalue weighted by atomic mass is 9.87. The molecule has 0 fully saturated rings. The van der Waals surface area contributed by atoms with Crippen molar-refractivity contribution in [2.24, 2.45) is 0 Å². The molecule has 7 heteroatoms. The number of H-pyrrole nitrogens is 1. The highest BCUT2D eigenvalue weighted by Gasteiger charge is 2.39. The number of hydrogen-bond donors (Lipinski definition) is 2. The molecular weight excluding hydrogens is 417 g/mol. The van der Waals surface area contributed by atoms with E-state index in [1.807, 2.05) is 31.2 Å². The molecule has 0 radical (unpaired) electrons. The first kappa shape index (κ1) is 21.7. The number of hydrogen-bond acceptors (Lipinski definition) is 2. The lowest BCUT2D eigenvalue weighted by Gasteiger charge is -2.43. The number of benzene rings is 2. The van der Waals surface area contributed by atoms with Gasteiger partial charge < -0.3 is 15.0 Å². The van der Waals surface area contributed by atoms with Gasteiger partial charge in [0, 0.05) is 40.8 Å². The number of carboxylic acid groups (broad SMARTS) is 1. The van der Waals surface area contributed by atoms with Crippen LogP contribution < -0.4 is 0 Å². The molecule has 1 aromatic heterocycles. The Bertz CT molecular complexity index is 1210. The molecular formula is C25H23F3N2O2. The maximum absolute atomic E-state index is 15.4. The molecule has 2 atom stereocenters. The molecule has 0 aliphatic carbocycles. The standard InChI is InChI=1S/C25H23F3N2O2/c1-14(9-10-26)30-15(2)11-18-17-5-3-4-6-21(17)29-24(18)25(30)23-19(27)12-16(13-20(23)28)7-8-22(31)32/h3-8,12-13,15,25,29H,1,9-11H2,2H3,(H,31,32)/b8-7+. The van der Waals surface area contributed by atoms with Crippen LogP contribution in [0.25, 0.3) is 17.0 Å². The first-order chi connectivity index (χ1) is 15.3. The third-order valence-corrected chi connectivity index (χ3v) is 5.91. The summed E-state index contributed by atoms with van der Waals surface area (Å²) in [5, 5.41) is 9.78. The van der Waals surface area contributed by atoms with Gasteiger partial charge in [-0.05, 0) is 48.7 Å². The van der Waals surface area contributed by atoms with Gasteiger partial charge in [0.25, 0.3) is 0 Å². The summed E-state index contributed by atoms with van der Waals surface area (Å²) in [7, 11) is 0. The summed E-state index contributed by atoms with van der Waals surface area (Å²) in [6.07, 6.45) is 2.63. The molecule has 3 aromatic rings. The van der Waals surface area contributed by atoms with Gasteiger partial charge in [-0.15, -0.1) is 0 Å². The fourth-order valence-electron chi connectivity index (χ4n) is 4.61. The molecule has 1 aliphatic heterocycles.